The van der Waals surface area contributed by atoms with Gasteiger partial charge in [0, 0.05) is 11.5 Å². The van der Waals surface area contributed by atoms with Crippen molar-refractivity contribution in [2.24, 2.45) is 11.8 Å². The number of hydrogen-bond donors (Lipinski definition) is 1. The molecule has 2 rings (SSSR count). The molecular formula is C11H8F2O3. The van der Waals surface area contributed by atoms with E-state index in [0.29, 0.717) is 0 Å². The van der Waals surface area contributed by atoms with Crippen LogP contribution in [0.3, 0.4) is 0 Å². The summed E-state index contributed by atoms with van der Waals surface area (Å²) in [5.74, 6) is -4.87. The molecular weight excluding hydrogens is 218 g/mol. The molecule has 0 saturated heterocycles. The molecule has 1 saturated carbocycles. The summed E-state index contributed by atoms with van der Waals surface area (Å²) in [4.78, 5) is 22.2. The van der Waals surface area contributed by atoms with Crippen molar-refractivity contribution in [3.05, 3.63) is 35.4 Å². The Bertz CT molecular complexity index is 470. The minimum Gasteiger partial charge on any atom is -0.481 e. The predicted octanol–water partition coefficient (Wildman–Crippen LogP) is 1.87. The van der Waals surface area contributed by atoms with Crippen molar-refractivity contribution in [1.29, 1.82) is 0 Å². The fourth-order valence-electron chi connectivity index (χ4n) is 1.62. The molecule has 0 amide bonds. The van der Waals surface area contributed by atoms with Crippen LogP contribution in [0.5, 0.6) is 0 Å². The Balaban J connectivity index is 2.17. The van der Waals surface area contributed by atoms with Crippen molar-refractivity contribution in [1.82, 2.24) is 0 Å². The van der Waals surface area contributed by atoms with E-state index in [0.717, 1.165) is 18.2 Å². The van der Waals surface area contributed by atoms with E-state index in [1.165, 1.54) is 0 Å². The van der Waals surface area contributed by atoms with E-state index >= 15 is 0 Å². The molecule has 0 unspecified atom stereocenters. The van der Waals surface area contributed by atoms with Gasteiger partial charge in [0.15, 0.2) is 17.4 Å². The first kappa shape index (κ1) is 10.7. The maximum atomic E-state index is 12.8. The zero-order chi connectivity index (χ0) is 11.9. The first-order valence-electron chi connectivity index (χ1n) is 4.73. The molecule has 0 radical (unpaired) electrons. The van der Waals surface area contributed by atoms with Crippen molar-refractivity contribution >= 4 is 11.8 Å². The normalized spacial score (nSPS) is 22.9. The van der Waals surface area contributed by atoms with Gasteiger partial charge < -0.3 is 5.11 Å². The molecule has 0 aromatic heterocycles. The van der Waals surface area contributed by atoms with Crippen LogP contribution >= 0.6 is 0 Å². The summed E-state index contributed by atoms with van der Waals surface area (Å²) in [6.07, 6.45) is 0.271. The molecule has 2 atom stereocenters. The summed E-state index contributed by atoms with van der Waals surface area (Å²) >= 11 is 0. The topological polar surface area (TPSA) is 54.4 Å². The van der Waals surface area contributed by atoms with Gasteiger partial charge in [0.1, 0.15) is 0 Å². The number of benzene rings is 1. The van der Waals surface area contributed by atoms with Crippen molar-refractivity contribution in [3.63, 3.8) is 0 Å². The van der Waals surface area contributed by atoms with Gasteiger partial charge in [0.25, 0.3) is 0 Å². The van der Waals surface area contributed by atoms with E-state index < -0.39 is 35.2 Å². The van der Waals surface area contributed by atoms with Crippen molar-refractivity contribution in [2.75, 3.05) is 0 Å². The average Bonchev–Trinajstić information content (AvgIpc) is 3.01. The highest BCUT2D eigenvalue weighted by Gasteiger charge is 2.48. The summed E-state index contributed by atoms with van der Waals surface area (Å²) < 4.78 is 25.4. The zero-order valence-corrected chi connectivity index (χ0v) is 8.11. The van der Waals surface area contributed by atoms with Gasteiger partial charge in [0.2, 0.25) is 0 Å². The number of ketones is 1. The van der Waals surface area contributed by atoms with Crippen LogP contribution in [-0.4, -0.2) is 16.9 Å². The van der Waals surface area contributed by atoms with Crippen molar-refractivity contribution < 1.29 is 23.5 Å². The number of rotatable bonds is 3. The Morgan fingerprint density at radius 2 is 1.88 bits per heavy atom. The second-order valence-electron chi connectivity index (χ2n) is 3.78. The number of Topliss-reactive ketones (excluding diaryl/α,β-unsaturated/α-hetero) is 1. The lowest BCUT2D eigenvalue weighted by atomic mass is 10.1. The molecule has 5 heteroatoms. The molecule has 0 aliphatic heterocycles. The number of hydrogen-bond acceptors (Lipinski definition) is 2. The molecule has 1 aromatic carbocycles. The van der Waals surface area contributed by atoms with E-state index in [1.807, 2.05) is 0 Å². The predicted molar refractivity (Wildman–Crippen MR) is 49.9 cm³/mol. The standard InChI is InChI=1S/C11H8F2O3/c12-8-2-1-5(3-9(8)13)10(14)6-4-7(6)11(15)16/h1-3,6-7H,4H2,(H,15,16)/t6-,7-/m0/s1. The Morgan fingerprint density at radius 3 is 2.38 bits per heavy atom. The number of carbonyl (C=O) groups excluding carboxylic acids is 1. The molecule has 0 heterocycles. The molecule has 1 N–H and O–H groups in total. The Kier molecular flexibility index (Phi) is 2.46. The summed E-state index contributed by atoms with van der Waals surface area (Å²) in [6, 6.07) is 2.83. The lowest BCUT2D eigenvalue weighted by Gasteiger charge is -1.99. The molecule has 1 aliphatic carbocycles. The van der Waals surface area contributed by atoms with E-state index in [-0.39, 0.29) is 12.0 Å². The highest BCUT2D eigenvalue weighted by atomic mass is 19.2. The highest BCUT2D eigenvalue weighted by molar-refractivity contribution is 6.02. The monoisotopic (exact) mass is 226 g/mol. The van der Waals surface area contributed by atoms with Gasteiger partial charge in [-0.2, -0.15) is 0 Å². The lowest BCUT2D eigenvalue weighted by Crippen LogP contribution is -2.08. The lowest BCUT2D eigenvalue weighted by molar-refractivity contribution is -0.138. The van der Waals surface area contributed by atoms with E-state index in [1.54, 1.807) is 0 Å². The van der Waals surface area contributed by atoms with E-state index in [9.17, 15) is 18.4 Å². The Hall–Kier alpha value is -1.78. The third kappa shape index (κ3) is 1.80. The summed E-state index contributed by atoms with van der Waals surface area (Å²) in [5.41, 5.74) is 0.0210. The number of halogens is 2. The molecule has 84 valence electrons. The van der Waals surface area contributed by atoms with Crippen LogP contribution in [0.15, 0.2) is 18.2 Å². The molecule has 0 spiro atoms. The smallest absolute Gasteiger partial charge is 0.307 e. The molecule has 1 aromatic rings. The molecule has 3 nitrogen and oxygen atoms in total. The molecule has 1 fully saturated rings. The van der Waals surface area contributed by atoms with E-state index in [2.05, 4.69) is 0 Å². The van der Waals surface area contributed by atoms with Crippen LogP contribution in [0.1, 0.15) is 16.8 Å². The maximum absolute atomic E-state index is 12.8. The largest absolute Gasteiger partial charge is 0.481 e. The van der Waals surface area contributed by atoms with Crippen LogP contribution in [-0.2, 0) is 4.79 Å². The maximum Gasteiger partial charge on any atom is 0.307 e. The third-order valence-corrected chi connectivity index (χ3v) is 2.65. The second-order valence-corrected chi connectivity index (χ2v) is 3.78. The van der Waals surface area contributed by atoms with Gasteiger partial charge in [-0.05, 0) is 24.6 Å². The van der Waals surface area contributed by atoms with Gasteiger partial charge in [0.05, 0.1) is 5.92 Å². The van der Waals surface area contributed by atoms with Gasteiger partial charge in [-0.25, -0.2) is 8.78 Å². The van der Waals surface area contributed by atoms with Crippen molar-refractivity contribution in [2.45, 2.75) is 6.42 Å². The fourth-order valence-corrected chi connectivity index (χ4v) is 1.62. The first-order valence-corrected chi connectivity index (χ1v) is 4.73. The zero-order valence-electron chi connectivity index (χ0n) is 8.11. The van der Waals surface area contributed by atoms with Gasteiger partial charge in [-0.3, -0.25) is 9.59 Å². The SMILES string of the molecule is O=C(O)[C@H]1C[C@@H]1C(=O)c1ccc(F)c(F)c1. The van der Waals surface area contributed by atoms with Gasteiger partial charge in [-0.15, -0.1) is 0 Å². The van der Waals surface area contributed by atoms with E-state index in [4.69, 9.17) is 5.11 Å². The van der Waals surface area contributed by atoms with Crippen LogP contribution in [0, 0.1) is 23.5 Å². The number of aliphatic carboxylic acids is 1. The molecule has 0 bridgehead atoms. The Labute approximate surface area is 89.7 Å². The van der Waals surface area contributed by atoms with Crippen LogP contribution in [0.25, 0.3) is 0 Å². The summed E-state index contributed by atoms with van der Waals surface area (Å²) in [7, 11) is 0. The van der Waals surface area contributed by atoms with Crippen LogP contribution < -0.4 is 0 Å². The second kappa shape index (κ2) is 3.66. The third-order valence-electron chi connectivity index (χ3n) is 2.65. The summed E-state index contributed by atoms with van der Waals surface area (Å²) in [6.45, 7) is 0. The first-order chi connectivity index (χ1) is 7.50. The highest BCUT2D eigenvalue weighted by Crippen LogP contribution is 2.41. The number of carboxylic acid groups (broad SMARTS) is 1. The van der Waals surface area contributed by atoms with Gasteiger partial charge >= 0.3 is 5.97 Å². The fraction of sp³-hybridized carbons (Fsp3) is 0.273. The summed E-state index contributed by atoms with van der Waals surface area (Å²) in [5, 5.41) is 8.63. The molecule has 1 aliphatic rings. The number of carbonyl (C=O) groups is 2. The minimum absolute atomic E-state index is 0.0210. The van der Waals surface area contributed by atoms with Crippen molar-refractivity contribution in [3.8, 4) is 0 Å². The van der Waals surface area contributed by atoms with Crippen LogP contribution in [0.4, 0.5) is 8.78 Å². The average molecular weight is 226 g/mol. The Morgan fingerprint density at radius 1 is 1.19 bits per heavy atom. The van der Waals surface area contributed by atoms with Gasteiger partial charge in [-0.1, -0.05) is 0 Å². The molecule has 16 heavy (non-hydrogen) atoms. The van der Waals surface area contributed by atoms with Crippen LogP contribution in [0.2, 0.25) is 0 Å². The minimum atomic E-state index is -1.10. The number of carboxylic acids is 1. The quantitative estimate of drug-likeness (QED) is 0.800.